The summed E-state index contributed by atoms with van der Waals surface area (Å²) in [6.07, 6.45) is 2.18. The number of carbonyl (C=O) groups is 2. The number of nitrogens with one attached hydrogen (secondary N) is 1. The Balaban J connectivity index is 2.02. The summed E-state index contributed by atoms with van der Waals surface area (Å²) in [7, 11) is 0. The molecule has 7 heteroatoms. The number of amides is 1. The number of nitrogens with zero attached hydrogens (tertiary/aromatic N) is 1. The minimum atomic E-state index is -0.850. The zero-order valence-corrected chi connectivity index (χ0v) is 11.3. The SMILES string of the molecule is O=C(NCC1CCCC1C(=O)O)c1ccccc1[N+](=O)[O-]. The number of rotatable bonds is 5. The fraction of sp³-hybridized carbons (Fsp3) is 0.429. The second-order valence-corrected chi connectivity index (χ2v) is 5.12. The molecule has 7 nitrogen and oxygen atoms in total. The van der Waals surface area contributed by atoms with E-state index >= 15 is 0 Å². The fourth-order valence-electron chi connectivity index (χ4n) is 2.75. The second kappa shape index (κ2) is 6.34. The molecule has 2 N–H and O–H groups in total. The molecule has 112 valence electrons. The van der Waals surface area contributed by atoms with E-state index < -0.39 is 22.7 Å². The van der Waals surface area contributed by atoms with Crippen molar-refractivity contribution in [3.63, 3.8) is 0 Å². The number of carboxylic acids is 1. The number of aliphatic carboxylic acids is 1. The molecule has 0 radical (unpaired) electrons. The van der Waals surface area contributed by atoms with E-state index in [4.69, 9.17) is 5.11 Å². The molecule has 2 rings (SSSR count). The Bertz CT molecular complexity index is 572. The normalized spacial score (nSPS) is 21.0. The number of carboxylic acid groups (broad SMARTS) is 1. The molecule has 1 aliphatic carbocycles. The minimum Gasteiger partial charge on any atom is -0.481 e. The second-order valence-electron chi connectivity index (χ2n) is 5.12. The van der Waals surface area contributed by atoms with Crippen LogP contribution in [0.15, 0.2) is 24.3 Å². The summed E-state index contributed by atoms with van der Waals surface area (Å²) < 4.78 is 0. The van der Waals surface area contributed by atoms with Gasteiger partial charge in [-0.1, -0.05) is 18.6 Å². The summed E-state index contributed by atoms with van der Waals surface area (Å²) >= 11 is 0. The van der Waals surface area contributed by atoms with Gasteiger partial charge in [-0.05, 0) is 24.8 Å². The molecular formula is C14H16N2O5. The highest BCUT2D eigenvalue weighted by Crippen LogP contribution is 2.31. The van der Waals surface area contributed by atoms with E-state index in [1.807, 2.05) is 0 Å². The first kappa shape index (κ1) is 15.0. The summed E-state index contributed by atoms with van der Waals surface area (Å²) in [5.74, 6) is -1.96. The van der Waals surface area contributed by atoms with Gasteiger partial charge in [-0.2, -0.15) is 0 Å². The molecule has 0 bridgehead atoms. The Morgan fingerprint density at radius 2 is 2.05 bits per heavy atom. The van der Waals surface area contributed by atoms with E-state index in [-0.39, 0.29) is 23.7 Å². The van der Waals surface area contributed by atoms with Crippen molar-refractivity contribution >= 4 is 17.6 Å². The number of hydrogen-bond donors (Lipinski definition) is 2. The number of benzene rings is 1. The molecule has 2 unspecified atom stereocenters. The maximum atomic E-state index is 12.0. The molecule has 1 saturated carbocycles. The van der Waals surface area contributed by atoms with Crippen molar-refractivity contribution in [2.75, 3.05) is 6.54 Å². The van der Waals surface area contributed by atoms with E-state index in [2.05, 4.69) is 5.32 Å². The van der Waals surface area contributed by atoms with E-state index in [9.17, 15) is 19.7 Å². The number of nitro benzene ring substituents is 1. The van der Waals surface area contributed by atoms with Crippen LogP contribution in [0.2, 0.25) is 0 Å². The maximum Gasteiger partial charge on any atom is 0.306 e. The van der Waals surface area contributed by atoms with Crippen LogP contribution >= 0.6 is 0 Å². The van der Waals surface area contributed by atoms with E-state index in [1.165, 1.54) is 18.2 Å². The predicted octanol–water partition coefficient (Wildman–Crippen LogP) is 1.83. The highest BCUT2D eigenvalue weighted by atomic mass is 16.6. The predicted molar refractivity (Wildman–Crippen MR) is 73.9 cm³/mol. The van der Waals surface area contributed by atoms with E-state index in [1.54, 1.807) is 6.07 Å². The lowest BCUT2D eigenvalue weighted by Crippen LogP contribution is -2.33. The average molecular weight is 292 g/mol. The Morgan fingerprint density at radius 1 is 1.33 bits per heavy atom. The summed E-state index contributed by atoms with van der Waals surface area (Å²) in [4.78, 5) is 33.4. The van der Waals surface area contributed by atoms with Gasteiger partial charge in [0.2, 0.25) is 0 Å². The quantitative estimate of drug-likeness (QED) is 0.635. The molecule has 21 heavy (non-hydrogen) atoms. The van der Waals surface area contributed by atoms with Gasteiger partial charge in [0.15, 0.2) is 0 Å². The first-order valence-electron chi connectivity index (χ1n) is 6.75. The van der Waals surface area contributed by atoms with Crippen molar-refractivity contribution in [2.24, 2.45) is 11.8 Å². The molecule has 1 aromatic rings. The van der Waals surface area contributed by atoms with Crippen molar-refractivity contribution in [2.45, 2.75) is 19.3 Å². The van der Waals surface area contributed by atoms with E-state index in [0.29, 0.717) is 6.42 Å². The van der Waals surface area contributed by atoms with Gasteiger partial charge in [0.1, 0.15) is 5.56 Å². The van der Waals surface area contributed by atoms with Gasteiger partial charge in [-0.25, -0.2) is 0 Å². The first-order valence-corrected chi connectivity index (χ1v) is 6.75. The fourth-order valence-corrected chi connectivity index (χ4v) is 2.75. The molecule has 0 spiro atoms. The topological polar surface area (TPSA) is 110 Å². The zero-order chi connectivity index (χ0) is 15.4. The van der Waals surface area contributed by atoms with Crippen LogP contribution in [0.4, 0.5) is 5.69 Å². The molecule has 0 saturated heterocycles. The van der Waals surface area contributed by atoms with Crippen LogP contribution in [0, 0.1) is 22.0 Å². The highest BCUT2D eigenvalue weighted by molar-refractivity contribution is 5.98. The van der Waals surface area contributed by atoms with Gasteiger partial charge in [0.05, 0.1) is 10.8 Å². The Hall–Kier alpha value is -2.44. The molecule has 2 atom stereocenters. The molecule has 1 aliphatic rings. The maximum absolute atomic E-state index is 12.0. The standard InChI is InChI=1S/C14H16N2O5/c17-13(11-5-1-2-7-12(11)16(20)21)15-8-9-4-3-6-10(9)14(18)19/h1-2,5,7,9-10H,3-4,6,8H2,(H,15,17)(H,18,19). The third-order valence-electron chi connectivity index (χ3n) is 3.85. The van der Waals surface area contributed by atoms with E-state index in [0.717, 1.165) is 12.8 Å². The van der Waals surface area contributed by atoms with Crippen LogP contribution in [0.3, 0.4) is 0 Å². The summed E-state index contributed by atoms with van der Waals surface area (Å²) in [5, 5.41) is 22.6. The third-order valence-corrected chi connectivity index (χ3v) is 3.85. The van der Waals surface area contributed by atoms with Gasteiger partial charge in [-0.3, -0.25) is 19.7 Å². The van der Waals surface area contributed by atoms with Crippen LogP contribution in [-0.4, -0.2) is 28.5 Å². The van der Waals surface area contributed by atoms with Crippen LogP contribution in [-0.2, 0) is 4.79 Å². The van der Waals surface area contributed by atoms with Crippen molar-refractivity contribution in [3.05, 3.63) is 39.9 Å². The third kappa shape index (κ3) is 3.36. The number of para-hydroxylation sites is 1. The molecule has 0 aliphatic heterocycles. The van der Waals surface area contributed by atoms with Crippen molar-refractivity contribution < 1.29 is 19.6 Å². The van der Waals surface area contributed by atoms with Crippen LogP contribution in [0.5, 0.6) is 0 Å². The van der Waals surface area contributed by atoms with Gasteiger partial charge in [0, 0.05) is 12.6 Å². The number of carbonyl (C=O) groups excluding carboxylic acids is 1. The summed E-state index contributed by atoms with van der Waals surface area (Å²) in [5.41, 5.74) is -0.261. The summed E-state index contributed by atoms with van der Waals surface area (Å²) in [6.45, 7) is 0.224. The Labute approximate surface area is 121 Å². The zero-order valence-electron chi connectivity index (χ0n) is 11.3. The molecule has 0 aromatic heterocycles. The summed E-state index contributed by atoms with van der Waals surface area (Å²) in [6, 6.07) is 5.70. The smallest absolute Gasteiger partial charge is 0.306 e. The van der Waals surface area contributed by atoms with Crippen LogP contribution < -0.4 is 5.32 Å². The van der Waals surface area contributed by atoms with Gasteiger partial charge in [0.25, 0.3) is 11.6 Å². The number of hydrogen-bond acceptors (Lipinski definition) is 4. The van der Waals surface area contributed by atoms with Crippen molar-refractivity contribution in [1.29, 1.82) is 0 Å². The molecular weight excluding hydrogens is 276 g/mol. The monoisotopic (exact) mass is 292 g/mol. The minimum absolute atomic E-state index is 0.00706. The number of nitro groups is 1. The van der Waals surface area contributed by atoms with Gasteiger partial charge < -0.3 is 10.4 Å². The first-order chi connectivity index (χ1) is 10.0. The Kier molecular flexibility index (Phi) is 4.52. The van der Waals surface area contributed by atoms with Gasteiger partial charge >= 0.3 is 5.97 Å². The molecule has 1 fully saturated rings. The highest BCUT2D eigenvalue weighted by Gasteiger charge is 2.33. The molecule has 1 amide bonds. The average Bonchev–Trinajstić information content (AvgIpc) is 2.93. The van der Waals surface area contributed by atoms with Crippen molar-refractivity contribution in [1.82, 2.24) is 5.32 Å². The van der Waals surface area contributed by atoms with Gasteiger partial charge in [-0.15, -0.1) is 0 Å². The molecule has 1 aromatic carbocycles. The van der Waals surface area contributed by atoms with Crippen LogP contribution in [0.25, 0.3) is 0 Å². The lowest BCUT2D eigenvalue weighted by molar-refractivity contribution is -0.385. The van der Waals surface area contributed by atoms with Crippen molar-refractivity contribution in [3.8, 4) is 0 Å². The molecule has 0 heterocycles. The Morgan fingerprint density at radius 3 is 2.71 bits per heavy atom. The largest absolute Gasteiger partial charge is 0.481 e. The van der Waals surface area contributed by atoms with Crippen LogP contribution in [0.1, 0.15) is 29.6 Å². The lowest BCUT2D eigenvalue weighted by atomic mass is 9.96. The lowest BCUT2D eigenvalue weighted by Gasteiger charge is -2.16.